The zero-order valence-corrected chi connectivity index (χ0v) is 15.2. The molecule has 27 heavy (non-hydrogen) atoms. The highest BCUT2D eigenvalue weighted by atomic mass is 32.2. The summed E-state index contributed by atoms with van der Waals surface area (Å²) in [5, 5.41) is 2.56. The van der Waals surface area contributed by atoms with Crippen LogP contribution in [-0.2, 0) is 20.6 Å². The van der Waals surface area contributed by atoms with Crippen LogP contribution in [0.2, 0.25) is 0 Å². The van der Waals surface area contributed by atoms with Crippen molar-refractivity contribution in [2.45, 2.75) is 17.4 Å². The summed E-state index contributed by atoms with van der Waals surface area (Å²) >= 11 is -2.32. The average molecular weight is 389 g/mol. The van der Waals surface area contributed by atoms with Gasteiger partial charge in [-0.25, -0.2) is 4.79 Å². The maximum atomic E-state index is 12.5. The van der Waals surface area contributed by atoms with Crippen LogP contribution in [-0.4, -0.2) is 40.5 Å². The number of carbonyl (C=O) groups excluding carboxylic acids is 2. The molecule has 0 spiro atoms. The highest BCUT2D eigenvalue weighted by Crippen LogP contribution is 2.24. The molecule has 0 aliphatic carbocycles. The van der Waals surface area contributed by atoms with Gasteiger partial charge in [0.2, 0.25) is 0 Å². The van der Waals surface area contributed by atoms with Crippen LogP contribution in [0, 0.1) is 0 Å². The number of benzene rings is 2. The molecule has 1 aliphatic rings. The maximum absolute atomic E-state index is 12.5. The van der Waals surface area contributed by atoms with E-state index in [-0.39, 0.29) is 10.8 Å². The number of methoxy groups -OCH3 is 1. The Kier molecular flexibility index (Phi) is 5.72. The third-order valence-electron chi connectivity index (χ3n) is 4.08. The molecule has 1 aliphatic heterocycles. The van der Waals surface area contributed by atoms with Crippen molar-refractivity contribution in [3.05, 3.63) is 48.5 Å². The first-order chi connectivity index (χ1) is 13.0. The zero-order valence-electron chi connectivity index (χ0n) is 14.4. The van der Waals surface area contributed by atoms with E-state index >= 15 is 0 Å². The second-order valence-corrected chi connectivity index (χ2v) is 6.70. The molecule has 0 aromatic heterocycles. The van der Waals surface area contributed by atoms with Crippen LogP contribution in [0.25, 0.3) is 0 Å². The fourth-order valence-corrected chi connectivity index (χ4v) is 3.07. The van der Waals surface area contributed by atoms with E-state index in [1.807, 2.05) is 0 Å². The first-order valence-electron chi connectivity index (χ1n) is 8.10. The molecule has 2 amide bonds. The van der Waals surface area contributed by atoms with Crippen molar-refractivity contribution in [3.8, 4) is 5.75 Å². The van der Waals surface area contributed by atoms with E-state index in [9.17, 15) is 18.4 Å². The molecular formula is C18H17N2O6S-. The molecule has 2 atom stereocenters. The van der Waals surface area contributed by atoms with Crippen LogP contribution < -0.4 is 15.0 Å². The van der Waals surface area contributed by atoms with Crippen molar-refractivity contribution in [2.24, 2.45) is 0 Å². The first kappa shape index (κ1) is 18.9. The topological polar surface area (TPSA) is 108 Å². The average Bonchev–Trinajstić information content (AvgIpc) is 3.02. The molecule has 0 radical (unpaired) electrons. The van der Waals surface area contributed by atoms with Gasteiger partial charge in [0.25, 0.3) is 5.91 Å². The lowest BCUT2D eigenvalue weighted by atomic mass is 10.3. The Labute approximate surface area is 158 Å². The number of hydrogen-bond donors (Lipinski definition) is 1. The van der Waals surface area contributed by atoms with Crippen molar-refractivity contribution in [3.63, 3.8) is 0 Å². The molecule has 1 N–H and O–H groups in total. The second kappa shape index (κ2) is 8.19. The minimum atomic E-state index is -2.32. The molecule has 9 heteroatoms. The van der Waals surface area contributed by atoms with E-state index in [4.69, 9.17) is 9.47 Å². The highest BCUT2D eigenvalue weighted by molar-refractivity contribution is 7.79. The molecular weight excluding hydrogens is 372 g/mol. The molecule has 0 bridgehead atoms. The van der Waals surface area contributed by atoms with Crippen LogP contribution in [0.3, 0.4) is 0 Å². The molecule has 1 unspecified atom stereocenters. The Morgan fingerprint density at radius 2 is 1.85 bits per heavy atom. The second-order valence-electron chi connectivity index (χ2n) is 5.75. The number of nitrogens with zero attached hydrogens (tertiary/aromatic N) is 1. The number of anilines is 2. The minimum Gasteiger partial charge on any atom is -0.768 e. The van der Waals surface area contributed by atoms with Crippen molar-refractivity contribution in [1.29, 1.82) is 0 Å². The van der Waals surface area contributed by atoms with Gasteiger partial charge in [0, 0.05) is 29.2 Å². The lowest BCUT2D eigenvalue weighted by Gasteiger charge is -2.17. The largest absolute Gasteiger partial charge is 0.768 e. The monoisotopic (exact) mass is 389 g/mol. The summed E-state index contributed by atoms with van der Waals surface area (Å²) in [6.07, 6.45) is -1.27. The summed E-state index contributed by atoms with van der Waals surface area (Å²) in [6, 6.07) is 12.6. The predicted molar refractivity (Wildman–Crippen MR) is 97.5 cm³/mol. The fraction of sp³-hybridized carbons (Fsp3) is 0.222. The Hall–Kier alpha value is -2.91. The van der Waals surface area contributed by atoms with Crippen LogP contribution in [0.4, 0.5) is 16.2 Å². The number of rotatable bonds is 5. The van der Waals surface area contributed by atoms with Crippen LogP contribution in [0.15, 0.2) is 53.4 Å². The standard InChI is InChI=1S/C18H18N2O6S/c1-25-14-6-2-12(3-7-14)19-18(22)26-16-10-11-20(17(16)21)13-4-8-15(9-5-13)27(23)24/h2-9,16H,10-11H2,1H3,(H,19,22)(H,23,24)/p-1/t16-/m0/s1. The van der Waals surface area contributed by atoms with Crippen molar-refractivity contribution in [1.82, 2.24) is 0 Å². The molecule has 1 fully saturated rings. The maximum Gasteiger partial charge on any atom is 0.412 e. The zero-order chi connectivity index (χ0) is 19.4. The molecule has 0 saturated carbocycles. The van der Waals surface area contributed by atoms with Gasteiger partial charge in [0.15, 0.2) is 6.10 Å². The first-order valence-corrected chi connectivity index (χ1v) is 9.18. The van der Waals surface area contributed by atoms with Gasteiger partial charge in [0.1, 0.15) is 5.75 Å². The molecule has 142 valence electrons. The van der Waals surface area contributed by atoms with Gasteiger partial charge >= 0.3 is 6.09 Å². The van der Waals surface area contributed by atoms with Gasteiger partial charge < -0.3 is 18.9 Å². The number of nitrogens with one attached hydrogen (secondary N) is 1. The Morgan fingerprint density at radius 1 is 1.19 bits per heavy atom. The van der Waals surface area contributed by atoms with Crippen molar-refractivity contribution >= 4 is 34.5 Å². The summed E-state index contributed by atoms with van der Waals surface area (Å²) in [6.45, 7) is 0.374. The lowest BCUT2D eigenvalue weighted by molar-refractivity contribution is -0.124. The van der Waals surface area contributed by atoms with Crippen LogP contribution in [0.1, 0.15) is 6.42 Å². The molecule has 8 nitrogen and oxygen atoms in total. The Bertz CT molecular complexity index is 853. The molecule has 3 rings (SSSR count). The summed E-state index contributed by atoms with van der Waals surface area (Å²) < 4.78 is 32.1. The number of hydrogen-bond acceptors (Lipinski definition) is 6. The Morgan fingerprint density at radius 3 is 2.44 bits per heavy atom. The summed E-state index contributed by atoms with van der Waals surface area (Å²) in [4.78, 5) is 26.1. The minimum absolute atomic E-state index is 0.136. The SMILES string of the molecule is COc1ccc(NC(=O)O[C@H]2CCN(c3ccc(S(=O)[O-])cc3)C2=O)cc1. The van der Waals surface area contributed by atoms with E-state index in [0.29, 0.717) is 30.1 Å². The number of carbonyl (C=O) groups is 2. The third-order valence-corrected chi connectivity index (χ3v) is 4.74. The molecule has 1 heterocycles. The number of amides is 2. The fourth-order valence-electron chi connectivity index (χ4n) is 2.71. The summed E-state index contributed by atoms with van der Waals surface area (Å²) in [5.74, 6) is 0.304. The quantitative estimate of drug-likeness (QED) is 0.786. The normalized spacial score (nSPS) is 17.5. The highest BCUT2D eigenvalue weighted by Gasteiger charge is 2.35. The van der Waals surface area contributed by atoms with Gasteiger partial charge in [-0.15, -0.1) is 0 Å². The van der Waals surface area contributed by atoms with E-state index < -0.39 is 23.3 Å². The van der Waals surface area contributed by atoms with E-state index in [1.54, 1.807) is 43.5 Å². The molecule has 2 aromatic rings. The summed E-state index contributed by atoms with van der Waals surface area (Å²) in [7, 11) is 1.54. The third kappa shape index (κ3) is 4.44. The van der Waals surface area contributed by atoms with Gasteiger partial charge in [-0.3, -0.25) is 14.3 Å². The van der Waals surface area contributed by atoms with Crippen molar-refractivity contribution in [2.75, 3.05) is 23.9 Å². The lowest BCUT2D eigenvalue weighted by Crippen LogP contribution is -2.33. The number of ether oxygens (including phenoxy) is 2. The predicted octanol–water partition coefficient (Wildman–Crippen LogP) is 2.29. The van der Waals surface area contributed by atoms with E-state index in [1.165, 1.54) is 17.0 Å². The molecule has 2 aromatic carbocycles. The Balaban J connectivity index is 1.59. The molecule has 1 saturated heterocycles. The van der Waals surface area contributed by atoms with Gasteiger partial charge in [-0.1, -0.05) is 0 Å². The van der Waals surface area contributed by atoms with E-state index in [2.05, 4.69) is 5.32 Å². The summed E-state index contributed by atoms with van der Waals surface area (Å²) in [5.41, 5.74) is 1.07. The van der Waals surface area contributed by atoms with Crippen LogP contribution >= 0.6 is 0 Å². The van der Waals surface area contributed by atoms with Gasteiger partial charge in [-0.05, 0) is 59.6 Å². The van der Waals surface area contributed by atoms with Gasteiger partial charge in [-0.2, -0.15) is 0 Å². The van der Waals surface area contributed by atoms with E-state index in [0.717, 1.165) is 0 Å². The smallest absolute Gasteiger partial charge is 0.412 e. The van der Waals surface area contributed by atoms with Gasteiger partial charge in [0.05, 0.1) is 7.11 Å². The van der Waals surface area contributed by atoms with Crippen LogP contribution in [0.5, 0.6) is 5.75 Å². The van der Waals surface area contributed by atoms with Crippen molar-refractivity contribution < 1.29 is 27.8 Å².